The zero-order valence-electron chi connectivity index (χ0n) is 22.5. The first-order valence-corrected chi connectivity index (χ1v) is 14.9. The van der Waals surface area contributed by atoms with Crippen LogP contribution >= 0.6 is 11.8 Å². The number of anilines is 3. The third-order valence-electron chi connectivity index (χ3n) is 6.51. The average molecular weight is 586 g/mol. The average Bonchev–Trinajstić information content (AvgIpc) is 3.19. The van der Waals surface area contributed by atoms with E-state index in [1.165, 1.54) is 19.2 Å². The van der Waals surface area contributed by atoms with Crippen molar-refractivity contribution in [2.24, 2.45) is 0 Å². The van der Waals surface area contributed by atoms with Gasteiger partial charge in [-0.1, -0.05) is 42.1 Å². The van der Waals surface area contributed by atoms with Gasteiger partial charge in [0, 0.05) is 16.3 Å². The quantitative estimate of drug-likeness (QED) is 0.229. The highest BCUT2D eigenvalue weighted by Gasteiger charge is 2.40. The van der Waals surface area contributed by atoms with Crippen LogP contribution in [0.4, 0.5) is 17.1 Å². The number of hydrogen-bond donors (Lipinski definition) is 2. The van der Waals surface area contributed by atoms with Gasteiger partial charge < -0.3 is 10.1 Å². The summed E-state index contributed by atoms with van der Waals surface area (Å²) in [5.41, 5.74) is 3.67. The van der Waals surface area contributed by atoms with Gasteiger partial charge in [-0.05, 0) is 91.7 Å². The van der Waals surface area contributed by atoms with Crippen LogP contribution < -0.4 is 19.7 Å². The number of thioether (sulfide) groups is 1. The molecule has 1 aliphatic rings. The number of carbonyl (C=O) groups is 2. The van der Waals surface area contributed by atoms with Crippen molar-refractivity contribution in [2.75, 3.05) is 22.0 Å². The number of sulfonamides is 1. The summed E-state index contributed by atoms with van der Waals surface area (Å²) >= 11 is 1.09. The number of nitrogens with one attached hydrogen (secondary N) is 2. The molecule has 10 heteroatoms. The van der Waals surface area contributed by atoms with Gasteiger partial charge in [-0.15, -0.1) is 0 Å². The summed E-state index contributed by atoms with van der Waals surface area (Å²) in [6.07, 6.45) is 0. The van der Waals surface area contributed by atoms with Crippen molar-refractivity contribution >= 4 is 50.7 Å². The molecule has 8 nitrogen and oxygen atoms in total. The lowest BCUT2D eigenvalue weighted by molar-refractivity contribution is -0.120. The Balaban J connectivity index is 1.49. The molecule has 0 bridgehead atoms. The van der Waals surface area contributed by atoms with Crippen molar-refractivity contribution in [3.63, 3.8) is 0 Å². The van der Waals surface area contributed by atoms with Crippen molar-refractivity contribution in [3.05, 3.63) is 119 Å². The Bertz CT molecular complexity index is 1770. The van der Waals surface area contributed by atoms with Crippen molar-refractivity contribution in [2.45, 2.75) is 23.6 Å². The molecule has 41 heavy (non-hydrogen) atoms. The third-order valence-corrected chi connectivity index (χ3v) is 8.98. The Morgan fingerprint density at radius 2 is 1.49 bits per heavy atom. The van der Waals surface area contributed by atoms with Gasteiger partial charge in [0.25, 0.3) is 21.8 Å². The number of rotatable bonds is 9. The number of imide groups is 1. The first-order valence-electron chi connectivity index (χ1n) is 12.6. The smallest absolute Gasteiger partial charge is 0.283 e. The SMILES string of the molecule is COc1ccc(N2C(=O)C(Nc3ccc(C)c(C)c3)=C(Sc3cccc(NS(=O)(=O)c4ccccc4)c3)C2=O)cc1. The summed E-state index contributed by atoms with van der Waals surface area (Å²) in [6.45, 7) is 3.96. The lowest BCUT2D eigenvalue weighted by atomic mass is 10.1. The van der Waals surface area contributed by atoms with Crippen LogP contribution in [-0.4, -0.2) is 27.3 Å². The van der Waals surface area contributed by atoms with Crippen LogP contribution in [0, 0.1) is 13.8 Å². The predicted molar refractivity (Wildman–Crippen MR) is 162 cm³/mol. The molecule has 4 aromatic rings. The highest BCUT2D eigenvalue weighted by Crippen LogP contribution is 2.39. The van der Waals surface area contributed by atoms with Gasteiger partial charge in [0.1, 0.15) is 16.4 Å². The van der Waals surface area contributed by atoms with E-state index in [2.05, 4.69) is 10.0 Å². The molecule has 4 aromatic carbocycles. The second-order valence-electron chi connectivity index (χ2n) is 9.32. The fraction of sp³-hybridized carbons (Fsp3) is 0.0968. The highest BCUT2D eigenvalue weighted by atomic mass is 32.2. The molecule has 0 spiro atoms. The molecule has 2 amide bonds. The van der Waals surface area contributed by atoms with Crippen LogP contribution in [0.5, 0.6) is 5.75 Å². The number of benzene rings is 4. The normalized spacial score (nSPS) is 13.5. The summed E-state index contributed by atoms with van der Waals surface area (Å²) in [5.74, 6) is -0.396. The zero-order valence-corrected chi connectivity index (χ0v) is 24.2. The molecule has 0 aromatic heterocycles. The van der Waals surface area contributed by atoms with Gasteiger partial charge in [0.15, 0.2) is 0 Å². The maximum atomic E-state index is 13.7. The highest BCUT2D eigenvalue weighted by molar-refractivity contribution is 8.04. The summed E-state index contributed by atoms with van der Waals surface area (Å²) in [6, 6.07) is 27.1. The molecular formula is C31H27N3O5S2. The van der Waals surface area contributed by atoms with Crippen LogP contribution in [0.25, 0.3) is 0 Å². The third kappa shape index (κ3) is 5.98. The fourth-order valence-electron chi connectivity index (χ4n) is 4.20. The zero-order chi connectivity index (χ0) is 29.1. The number of methoxy groups -OCH3 is 1. The Kier molecular flexibility index (Phi) is 7.87. The minimum absolute atomic E-state index is 0.132. The Hall–Kier alpha value is -4.54. The van der Waals surface area contributed by atoms with E-state index in [0.29, 0.717) is 27.7 Å². The number of amides is 2. The number of aryl methyl sites for hydroxylation is 2. The summed E-state index contributed by atoms with van der Waals surface area (Å²) in [7, 11) is -2.27. The van der Waals surface area contributed by atoms with Crippen molar-refractivity contribution < 1.29 is 22.7 Å². The van der Waals surface area contributed by atoms with Crippen LogP contribution in [0.3, 0.4) is 0 Å². The van der Waals surface area contributed by atoms with Crippen LogP contribution in [0.1, 0.15) is 11.1 Å². The van der Waals surface area contributed by atoms with E-state index in [4.69, 9.17) is 4.74 Å². The molecule has 1 heterocycles. The van der Waals surface area contributed by atoms with Crippen LogP contribution in [0.2, 0.25) is 0 Å². The fourth-order valence-corrected chi connectivity index (χ4v) is 6.26. The van der Waals surface area contributed by atoms with Gasteiger partial charge in [0.05, 0.1) is 17.7 Å². The van der Waals surface area contributed by atoms with Crippen molar-refractivity contribution in [1.29, 1.82) is 0 Å². The summed E-state index contributed by atoms with van der Waals surface area (Å²) in [4.78, 5) is 29.4. The molecule has 0 unspecified atom stereocenters. The van der Waals surface area contributed by atoms with Gasteiger partial charge in [0.2, 0.25) is 0 Å². The second kappa shape index (κ2) is 11.5. The second-order valence-corrected chi connectivity index (χ2v) is 12.1. The van der Waals surface area contributed by atoms with E-state index < -0.39 is 21.8 Å². The van der Waals surface area contributed by atoms with E-state index in [1.807, 2.05) is 32.0 Å². The monoisotopic (exact) mass is 585 g/mol. The van der Waals surface area contributed by atoms with E-state index in [1.54, 1.807) is 66.7 Å². The molecule has 0 radical (unpaired) electrons. The maximum absolute atomic E-state index is 13.7. The van der Waals surface area contributed by atoms with Crippen LogP contribution in [-0.2, 0) is 19.6 Å². The van der Waals surface area contributed by atoms with E-state index in [0.717, 1.165) is 27.8 Å². The minimum atomic E-state index is -3.81. The molecule has 0 atom stereocenters. The number of carbonyl (C=O) groups excluding carboxylic acids is 2. The minimum Gasteiger partial charge on any atom is -0.497 e. The van der Waals surface area contributed by atoms with Crippen molar-refractivity contribution in [1.82, 2.24) is 0 Å². The van der Waals surface area contributed by atoms with E-state index >= 15 is 0 Å². The molecular weight excluding hydrogens is 558 g/mol. The maximum Gasteiger partial charge on any atom is 0.283 e. The molecule has 1 aliphatic heterocycles. The number of ether oxygens (including phenoxy) is 1. The number of nitrogens with zero attached hydrogens (tertiary/aromatic N) is 1. The van der Waals surface area contributed by atoms with Gasteiger partial charge in [-0.2, -0.15) is 0 Å². The van der Waals surface area contributed by atoms with Crippen molar-refractivity contribution in [3.8, 4) is 5.75 Å². The molecule has 208 valence electrons. The first kappa shape index (κ1) is 28.0. The van der Waals surface area contributed by atoms with Gasteiger partial charge in [-0.25, -0.2) is 13.3 Å². The predicted octanol–water partition coefficient (Wildman–Crippen LogP) is 6.10. The van der Waals surface area contributed by atoms with Gasteiger partial charge >= 0.3 is 0 Å². The number of hydrogen-bond acceptors (Lipinski definition) is 7. The molecule has 0 aliphatic carbocycles. The van der Waals surface area contributed by atoms with E-state index in [9.17, 15) is 18.0 Å². The Labute approximate surface area is 243 Å². The first-order chi connectivity index (χ1) is 19.7. The van der Waals surface area contributed by atoms with Crippen LogP contribution in [0.15, 0.2) is 117 Å². The Morgan fingerprint density at radius 1 is 0.756 bits per heavy atom. The van der Waals surface area contributed by atoms with E-state index in [-0.39, 0.29) is 15.5 Å². The lowest BCUT2D eigenvalue weighted by Gasteiger charge is -2.16. The molecule has 0 saturated carbocycles. The van der Waals surface area contributed by atoms with Gasteiger partial charge in [-0.3, -0.25) is 14.3 Å². The molecule has 2 N–H and O–H groups in total. The Morgan fingerprint density at radius 3 is 2.17 bits per heavy atom. The molecule has 0 saturated heterocycles. The lowest BCUT2D eigenvalue weighted by Crippen LogP contribution is -2.32. The topological polar surface area (TPSA) is 105 Å². The largest absolute Gasteiger partial charge is 0.497 e. The summed E-state index contributed by atoms with van der Waals surface area (Å²) < 4.78 is 33.5. The standard InChI is InChI=1S/C31H27N3O5S2/c1-20-12-13-22(18-21(20)2)32-28-29(31(36)34(30(28)35)24-14-16-25(39-3)17-15-24)40-26-9-7-8-23(19-26)33-41(37,38)27-10-5-4-6-11-27/h4-19,32-33H,1-3H3. The molecule has 0 fully saturated rings. The summed E-state index contributed by atoms with van der Waals surface area (Å²) in [5, 5.41) is 3.17. The molecule has 5 rings (SSSR count).